The number of aromatic nitrogens is 2. The molecule has 0 aliphatic heterocycles. The Balaban J connectivity index is 1.85. The Labute approximate surface area is 159 Å². The molecule has 1 aromatic heterocycles. The van der Waals surface area contributed by atoms with Gasteiger partial charge < -0.3 is 19.4 Å². The van der Waals surface area contributed by atoms with Crippen LogP contribution in [0.4, 0.5) is 0 Å². The Morgan fingerprint density at radius 2 is 1.73 bits per heavy atom. The molecule has 0 aliphatic rings. The molecule has 0 saturated carbocycles. The molecule has 1 atom stereocenters. The van der Waals surface area contributed by atoms with Crippen LogP contribution in [-0.2, 0) is 13.1 Å². The van der Waals surface area contributed by atoms with Gasteiger partial charge in [0.05, 0.1) is 32.2 Å². The summed E-state index contributed by atoms with van der Waals surface area (Å²) in [7, 11) is 5.18. The molecule has 0 saturated heterocycles. The van der Waals surface area contributed by atoms with Crippen molar-refractivity contribution in [2.24, 2.45) is 0 Å². The molecular weight excluding hydrogens is 398 g/mol. The van der Waals surface area contributed by atoms with E-state index in [-0.39, 0.29) is 5.56 Å². The van der Waals surface area contributed by atoms with Crippen molar-refractivity contribution >= 4 is 26.8 Å². The van der Waals surface area contributed by atoms with Crippen LogP contribution in [0.2, 0.25) is 0 Å². The highest BCUT2D eigenvalue weighted by atomic mass is 79.9. The molecule has 6 nitrogen and oxygen atoms in total. The van der Waals surface area contributed by atoms with Crippen molar-refractivity contribution < 1.29 is 14.4 Å². The van der Waals surface area contributed by atoms with Gasteiger partial charge in [0.15, 0.2) is 17.3 Å². The summed E-state index contributed by atoms with van der Waals surface area (Å²) < 4.78 is 11.6. The van der Waals surface area contributed by atoms with Crippen LogP contribution in [0.5, 0.6) is 11.5 Å². The Hall–Kier alpha value is -2.38. The van der Waals surface area contributed by atoms with E-state index in [2.05, 4.69) is 45.1 Å². The number of methoxy groups -OCH3 is 2. The highest BCUT2D eigenvalue weighted by molar-refractivity contribution is 9.10. The fraction of sp³-hybridized carbons (Fsp3) is 0.263. The van der Waals surface area contributed by atoms with Gasteiger partial charge in [0.2, 0.25) is 0 Å². The number of nitrogens with one attached hydrogen (secondary N) is 2. The lowest BCUT2D eigenvalue weighted by Crippen LogP contribution is -3.06. The molecule has 0 aliphatic carbocycles. The Kier molecular flexibility index (Phi) is 5.58. The molecule has 1 heterocycles. The van der Waals surface area contributed by atoms with Gasteiger partial charge in [-0.1, -0.05) is 28.1 Å². The topological polar surface area (TPSA) is 68.7 Å². The first-order valence-electron chi connectivity index (χ1n) is 8.21. The van der Waals surface area contributed by atoms with Gasteiger partial charge in [-0.3, -0.25) is 4.79 Å². The maximum atomic E-state index is 12.4. The second-order valence-corrected chi connectivity index (χ2v) is 7.09. The van der Waals surface area contributed by atoms with Gasteiger partial charge in [-0.25, -0.2) is 4.98 Å². The molecule has 26 heavy (non-hydrogen) atoms. The van der Waals surface area contributed by atoms with Crippen LogP contribution < -0.4 is 19.9 Å². The summed E-state index contributed by atoms with van der Waals surface area (Å²) in [5.74, 6) is 1.71. The first kappa shape index (κ1) is 18.4. The van der Waals surface area contributed by atoms with Crippen LogP contribution in [-0.4, -0.2) is 31.2 Å². The van der Waals surface area contributed by atoms with Gasteiger partial charge >= 0.3 is 0 Å². The van der Waals surface area contributed by atoms with E-state index in [0.29, 0.717) is 34.8 Å². The van der Waals surface area contributed by atoms with Crippen molar-refractivity contribution in [2.45, 2.75) is 13.1 Å². The maximum absolute atomic E-state index is 12.4. The maximum Gasteiger partial charge on any atom is 0.259 e. The smallest absolute Gasteiger partial charge is 0.259 e. The van der Waals surface area contributed by atoms with Gasteiger partial charge in [0, 0.05) is 16.1 Å². The minimum Gasteiger partial charge on any atom is -0.493 e. The van der Waals surface area contributed by atoms with Crippen LogP contribution in [0.15, 0.2) is 45.7 Å². The van der Waals surface area contributed by atoms with E-state index in [1.54, 1.807) is 26.4 Å². The fourth-order valence-corrected chi connectivity index (χ4v) is 3.16. The number of hydrogen-bond acceptors (Lipinski definition) is 4. The summed E-state index contributed by atoms with van der Waals surface area (Å²) >= 11 is 3.44. The van der Waals surface area contributed by atoms with Crippen molar-refractivity contribution in [3.05, 3.63) is 62.6 Å². The number of rotatable bonds is 6. The first-order valence-corrected chi connectivity index (χ1v) is 9.00. The summed E-state index contributed by atoms with van der Waals surface area (Å²) in [6.45, 7) is 1.44. The van der Waals surface area contributed by atoms with E-state index in [0.717, 1.165) is 11.0 Å². The summed E-state index contributed by atoms with van der Waals surface area (Å²) in [6.07, 6.45) is 0. The SMILES string of the molecule is COc1cc2nc(C[NH+](C)Cc3ccc(Br)cc3)[nH]c(=O)c2cc1OC. The quantitative estimate of drug-likeness (QED) is 0.641. The Morgan fingerprint density at radius 1 is 1.08 bits per heavy atom. The Bertz CT molecular complexity index is 970. The molecule has 0 spiro atoms. The lowest BCUT2D eigenvalue weighted by Gasteiger charge is -2.14. The molecule has 0 amide bonds. The van der Waals surface area contributed by atoms with Gasteiger partial charge in [-0.2, -0.15) is 0 Å². The number of hydrogen-bond donors (Lipinski definition) is 2. The predicted molar refractivity (Wildman–Crippen MR) is 104 cm³/mol. The third kappa shape index (κ3) is 4.05. The van der Waals surface area contributed by atoms with Crippen LogP contribution in [0.25, 0.3) is 10.9 Å². The van der Waals surface area contributed by atoms with Crippen LogP contribution in [0, 0.1) is 0 Å². The zero-order valence-electron chi connectivity index (χ0n) is 14.9. The van der Waals surface area contributed by atoms with E-state index in [1.807, 2.05) is 12.1 Å². The number of aromatic amines is 1. The molecule has 136 valence electrons. The van der Waals surface area contributed by atoms with Crippen LogP contribution >= 0.6 is 15.9 Å². The lowest BCUT2D eigenvalue weighted by molar-refractivity contribution is -0.908. The summed E-state index contributed by atoms with van der Waals surface area (Å²) in [5.41, 5.74) is 1.64. The number of H-pyrrole nitrogens is 1. The lowest BCUT2D eigenvalue weighted by atomic mass is 10.2. The molecular formula is C19H21BrN3O3+. The molecule has 3 aromatic rings. The van der Waals surface area contributed by atoms with E-state index >= 15 is 0 Å². The molecule has 0 radical (unpaired) electrons. The van der Waals surface area contributed by atoms with E-state index in [4.69, 9.17) is 9.47 Å². The molecule has 2 N–H and O–H groups in total. The second-order valence-electron chi connectivity index (χ2n) is 6.17. The second kappa shape index (κ2) is 7.88. The standard InChI is InChI=1S/C19H20BrN3O3/c1-23(10-12-4-6-13(20)7-5-12)11-18-21-15-9-17(26-3)16(25-2)8-14(15)19(24)22-18/h4-9H,10-11H2,1-3H3,(H,21,22,24)/p+1. The van der Waals surface area contributed by atoms with Gasteiger partial charge in [-0.05, 0) is 18.2 Å². The highest BCUT2D eigenvalue weighted by Gasteiger charge is 2.13. The number of benzene rings is 2. The van der Waals surface area contributed by atoms with E-state index < -0.39 is 0 Å². The average Bonchev–Trinajstić information content (AvgIpc) is 2.62. The van der Waals surface area contributed by atoms with Gasteiger partial charge in [0.1, 0.15) is 13.1 Å². The number of halogens is 1. The highest BCUT2D eigenvalue weighted by Crippen LogP contribution is 2.29. The number of nitrogens with zero attached hydrogens (tertiary/aromatic N) is 1. The number of quaternary nitrogens is 1. The molecule has 1 unspecified atom stereocenters. The van der Waals surface area contributed by atoms with Crippen molar-refractivity contribution in [1.29, 1.82) is 0 Å². The van der Waals surface area contributed by atoms with Gasteiger partial charge in [-0.15, -0.1) is 0 Å². The summed E-state index contributed by atoms with van der Waals surface area (Å²) in [4.78, 5) is 21.1. The third-order valence-electron chi connectivity index (χ3n) is 4.15. The van der Waals surface area contributed by atoms with Crippen LogP contribution in [0.3, 0.4) is 0 Å². The predicted octanol–water partition coefficient (Wildman–Crippen LogP) is 1.92. The minimum absolute atomic E-state index is 0.178. The average molecular weight is 419 g/mol. The largest absolute Gasteiger partial charge is 0.493 e. The number of ether oxygens (including phenoxy) is 2. The molecule has 0 bridgehead atoms. The summed E-state index contributed by atoms with van der Waals surface area (Å²) in [5, 5.41) is 0.483. The third-order valence-corrected chi connectivity index (χ3v) is 4.68. The molecule has 7 heteroatoms. The van der Waals surface area contributed by atoms with Crippen molar-refractivity contribution in [3.8, 4) is 11.5 Å². The van der Waals surface area contributed by atoms with Crippen molar-refractivity contribution in [1.82, 2.24) is 9.97 Å². The van der Waals surface area contributed by atoms with Gasteiger partial charge in [0.25, 0.3) is 5.56 Å². The molecule has 3 rings (SSSR count). The van der Waals surface area contributed by atoms with Crippen molar-refractivity contribution in [2.75, 3.05) is 21.3 Å². The van der Waals surface area contributed by atoms with Crippen molar-refractivity contribution in [3.63, 3.8) is 0 Å². The fourth-order valence-electron chi connectivity index (χ4n) is 2.90. The Morgan fingerprint density at radius 3 is 2.38 bits per heavy atom. The monoisotopic (exact) mass is 418 g/mol. The van der Waals surface area contributed by atoms with E-state index in [1.165, 1.54) is 10.5 Å². The normalized spacial score (nSPS) is 12.2. The summed E-state index contributed by atoms with van der Waals surface area (Å²) in [6, 6.07) is 11.6. The molecule has 2 aromatic carbocycles. The van der Waals surface area contributed by atoms with Crippen LogP contribution in [0.1, 0.15) is 11.4 Å². The minimum atomic E-state index is -0.178. The zero-order chi connectivity index (χ0) is 18.7. The molecule has 0 fully saturated rings. The first-order chi connectivity index (χ1) is 12.5. The number of fused-ring (bicyclic) bond motifs is 1. The zero-order valence-corrected chi connectivity index (χ0v) is 16.5. The van der Waals surface area contributed by atoms with E-state index in [9.17, 15) is 4.79 Å².